The molecule has 3 rings (SSSR count). The zero-order chi connectivity index (χ0) is 19.1. The van der Waals surface area contributed by atoms with Crippen LogP contribution < -0.4 is 10.7 Å². The van der Waals surface area contributed by atoms with Crippen LogP contribution in [-0.2, 0) is 0 Å². The fraction of sp³-hybridized carbons (Fsp3) is 0. The van der Waals surface area contributed by atoms with Gasteiger partial charge in [-0.15, -0.1) is 0 Å². The van der Waals surface area contributed by atoms with Crippen molar-refractivity contribution >= 4 is 35.3 Å². The predicted molar refractivity (Wildman–Crippen MR) is 105 cm³/mol. The van der Waals surface area contributed by atoms with Crippen molar-refractivity contribution in [1.29, 1.82) is 0 Å². The van der Waals surface area contributed by atoms with Gasteiger partial charge in [-0.05, 0) is 42.5 Å². The van der Waals surface area contributed by atoms with Crippen molar-refractivity contribution in [2.45, 2.75) is 0 Å². The highest BCUT2D eigenvalue weighted by Gasteiger charge is 2.09. The second-order valence-electron chi connectivity index (χ2n) is 5.53. The monoisotopic (exact) mass is 378 g/mol. The Kier molecular flexibility index (Phi) is 5.91. The summed E-state index contributed by atoms with van der Waals surface area (Å²) in [5, 5.41) is 7.11. The van der Waals surface area contributed by atoms with E-state index in [0.717, 1.165) is 5.56 Å². The number of nitrogens with zero attached hydrogens (tertiary/aromatic N) is 2. The quantitative estimate of drug-likeness (QED) is 0.524. The highest BCUT2D eigenvalue weighted by Crippen LogP contribution is 2.15. The molecule has 2 amide bonds. The average Bonchev–Trinajstić information content (AvgIpc) is 2.69. The van der Waals surface area contributed by atoms with E-state index in [1.54, 1.807) is 67.0 Å². The summed E-state index contributed by atoms with van der Waals surface area (Å²) in [5.74, 6) is -0.710. The van der Waals surface area contributed by atoms with Gasteiger partial charge < -0.3 is 5.32 Å². The van der Waals surface area contributed by atoms with Crippen molar-refractivity contribution in [3.8, 4) is 0 Å². The number of carbonyl (C=O) groups excluding carboxylic acids is 2. The first-order valence-corrected chi connectivity index (χ1v) is 8.40. The van der Waals surface area contributed by atoms with Crippen LogP contribution >= 0.6 is 11.6 Å². The largest absolute Gasteiger partial charge is 0.322 e. The van der Waals surface area contributed by atoms with Gasteiger partial charge in [-0.2, -0.15) is 5.10 Å². The SMILES string of the molecule is O=C(N/N=C\c1cccnc1)c1cccc(NC(=O)c2cccc(Cl)c2)c1. The van der Waals surface area contributed by atoms with Crippen molar-refractivity contribution in [2.75, 3.05) is 5.32 Å². The molecule has 0 spiro atoms. The van der Waals surface area contributed by atoms with Crippen LogP contribution in [-0.4, -0.2) is 23.0 Å². The van der Waals surface area contributed by atoms with Crippen LogP contribution in [0, 0.1) is 0 Å². The van der Waals surface area contributed by atoms with Gasteiger partial charge in [-0.25, -0.2) is 5.43 Å². The van der Waals surface area contributed by atoms with Gasteiger partial charge in [0.15, 0.2) is 0 Å². The predicted octanol–water partition coefficient (Wildman–Crippen LogP) is 3.75. The number of halogens is 1. The minimum absolute atomic E-state index is 0.315. The van der Waals surface area contributed by atoms with Gasteiger partial charge >= 0.3 is 0 Å². The Labute approximate surface area is 160 Å². The number of carbonyl (C=O) groups is 2. The van der Waals surface area contributed by atoms with E-state index in [-0.39, 0.29) is 5.91 Å². The maximum absolute atomic E-state index is 12.3. The minimum Gasteiger partial charge on any atom is -0.322 e. The fourth-order valence-electron chi connectivity index (χ4n) is 2.25. The molecule has 27 heavy (non-hydrogen) atoms. The van der Waals surface area contributed by atoms with Crippen LogP contribution in [0.3, 0.4) is 0 Å². The standard InChI is InChI=1S/C20H15ClN4O2/c21-17-7-1-5-15(10-17)19(26)24-18-8-2-6-16(11-18)20(27)25-23-13-14-4-3-9-22-12-14/h1-13H,(H,24,26)(H,25,27)/b23-13-. The normalized spacial score (nSPS) is 10.6. The van der Waals surface area contributed by atoms with E-state index in [1.165, 1.54) is 6.21 Å². The van der Waals surface area contributed by atoms with E-state index in [2.05, 4.69) is 20.8 Å². The summed E-state index contributed by atoms with van der Waals surface area (Å²) in [5.41, 5.74) is 4.49. The summed E-state index contributed by atoms with van der Waals surface area (Å²) >= 11 is 5.90. The average molecular weight is 379 g/mol. The van der Waals surface area contributed by atoms with Crippen LogP contribution in [0.4, 0.5) is 5.69 Å². The molecule has 0 unspecified atom stereocenters. The molecule has 0 fully saturated rings. The molecule has 2 aromatic carbocycles. The van der Waals surface area contributed by atoms with Gasteiger partial charge in [-0.3, -0.25) is 14.6 Å². The summed E-state index contributed by atoms with van der Waals surface area (Å²) in [4.78, 5) is 28.5. The zero-order valence-electron chi connectivity index (χ0n) is 14.1. The van der Waals surface area contributed by atoms with Crippen LogP contribution in [0.2, 0.25) is 5.02 Å². The van der Waals surface area contributed by atoms with E-state index in [1.807, 2.05) is 6.07 Å². The van der Waals surface area contributed by atoms with Crippen molar-refractivity contribution in [3.05, 3.63) is 94.8 Å². The van der Waals surface area contributed by atoms with Crippen molar-refractivity contribution < 1.29 is 9.59 Å². The number of hydrazone groups is 1. The molecule has 2 N–H and O–H groups in total. The molecule has 0 bridgehead atoms. The van der Waals surface area contributed by atoms with E-state index in [9.17, 15) is 9.59 Å². The van der Waals surface area contributed by atoms with Crippen molar-refractivity contribution in [1.82, 2.24) is 10.4 Å². The number of nitrogens with one attached hydrogen (secondary N) is 2. The van der Waals surface area contributed by atoms with Crippen molar-refractivity contribution in [3.63, 3.8) is 0 Å². The molecule has 0 saturated carbocycles. The molecule has 0 aliphatic heterocycles. The maximum Gasteiger partial charge on any atom is 0.271 e. The lowest BCUT2D eigenvalue weighted by Gasteiger charge is -2.07. The molecule has 3 aromatic rings. The lowest BCUT2D eigenvalue weighted by Crippen LogP contribution is -2.18. The van der Waals surface area contributed by atoms with E-state index >= 15 is 0 Å². The zero-order valence-corrected chi connectivity index (χ0v) is 14.9. The highest BCUT2D eigenvalue weighted by atomic mass is 35.5. The molecular weight excluding hydrogens is 364 g/mol. The van der Waals surface area contributed by atoms with Gasteiger partial charge in [-0.1, -0.05) is 29.8 Å². The third kappa shape index (κ3) is 5.23. The second-order valence-corrected chi connectivity index (χ2v) is 5.97. The Hall–Kier alpha value is -3.51. The number of benzene rings is 2. The summed E-state index contributed by atoms with van der Waals surface area (Å²) in [6, 6.07) is 16.8. The van der Waals surface area contributed by atoms with Gasteiger partial charge in [0.1, 0.15) is 0 Å². The molecule has 0 aliphatic rings. The summed E-state index contributed by atoms with van der Waals surface area (Å²) in [6.45, 7) is 0. The number of hydrogen-bond acceptors (Lipinski definition) is 4. The Morgan fingerprint density at radius 2 is 1.74 bits per heavy atom. The molecule has 134 valence electrons. The fourth-order valence-corrected chi connectivity index (χ4v) is 2.44. The lowest BCUT2D eigenvalue weighted by atomic mass is 10.1. The van der Waals surface area contributed by atoms with E-state index in [4.69, 9.17) is 11.6 Å². The molecule has 0 atom stereocenters. The number of hydrogen-bond donors (Lipinski definition) is 2. The molecule has 0 radical (unpaired) electrons. The summed E-state index contributed by atoms with van der Waals surface area (Å²) in [7, 11) is 0. The lowest BCUT2D eigenvalue weighted by molar-refractivity contribution is 0.0953. The van der Waals surface area contributed by atoms with Crippen LogP contribution in [0.1, 0.15) is 26.3 Å². The van der Waals surface area contributed by atoms with Crippen molar-refractivity contribution in [2.24, 2.45) is 5.10 Å². The smallest absolute Gasteiger partial charge is 0.271 e. The first kappa shape index (κ1) is 18.3. The number of anilines is 1. The molecule has 1 heterocycles. The number of rotatable bonds is 5. The molecule has 7 heteroatoms. The number of pyridine rings is 1. The second kappa shape index (κ2) is 8.73. The molecule has 1 aromatic heterocycles. The van der Waals surface area contributed by atoms with Gasteiger partial charge in [0.25, 0.3) is 11.8 Å². The number of amides is 2. The first-order chi connectivity index (χ1) is 13.1. The number of aromatic nitrogens is 1. The first-order valence-electron chi connectivity index (χ1n) is 8.02. The van der Waals surface area contributed by atoms with Gasteiger partial charge in [0.2, 0.25) is 0 Å². The van der Waals surface area contributed by atoms with E-state index < -0.39 is 5.91 Å². The van der Waals surface area contributed by atoms with Gasteiger partial charge in [0.05, 0.1) is 6.21 Å². The molecule has 6 nitrogen and oxygen atoms in total. The van der Waals surface area contributed by atoms with Crippen LogP contribution in [0.5, 0.6) is 0 Å². The Morgan fingerprint density at radius 1 is 0.963 bits per heavy atom. The summed E-state index contributed by atoms with van der Waals surface area (Å²) in [6.07, 6.45) is 4.77. The minimum atomic E-state index is -0.394. The maximum atomic E-state index is 12.3. The van der Waals surface area contributed by atoms with Gasteiger partial charge in [0, 0.05) is 39.8 Å². The van der Waals surface area contributed by atoms with E-state index in [0.29, 0.717) is 21.8 Å². The molecule has 0 saturated heterocycles. The summed E-state index contributed by atoms with van der Waals surface area (Å²) < 4.78 is 0. The Bertz CT molecular complexity index is 990. The topological polar surface area (TPSA) is 83.4 Å². The highest BCUT2D eigenvalue weighted by molar-refractivity contribution is 6.31. The molecule has 0 aliphatic carbocycles. The third-order valence-corrected chi connectivity index (χ3v) is 3.77. The van der Waals surface area contributed by atoms with Crippen LogP contribution in [0.25, 0.3) is 0 Å². The van der Waals surface area contributed by atoms with Crippen LogP contribution in [0.15, 0.2) is 78.2 Å². The molecular formula is C20H15ClN4O2. The third-order valence-electron chi connectivity index (χ3n) is 3.53. The Morgan fingerprint density at radius 3 is 2.48 bits per heavy atom. The Balaban J connectivity index is 1.65.